The zero-order valence-corrected chi connectivity index (χ0v) is 34.9. The number of amides is 3. The van der Waals surface area contributed by atoms with Crippen molar-refractivity contribution in [3.8, 4) is 0 Å². The number of rotatable bonds is 16. The van der Waals surface area contributed by atoms with Crippen LogP contribution in [0.3, 0.4) is 0 Å². The Morgan fingerprint density at radius 2 is 1.24 bits per heavy atom. The van der Waals surface area contributed by atoms with E-state index in [-0.39, 0.29) is 36.3 Å². The Hall–Kier alpha value is -6.07. The van der Waals surface area contributed by atoms with Crippen LogP contribution in [-0.2, 0) is 41.7 Å². The molecular formula is C48H51N3O7S. The number of hydrogen-bond acceptors (Lipinski definition) is 8. The van der Waals surface area contributed by atoms with Crippen LogP contribution in [0, 0.1) is 0 Å². The molecule has 0 fully saturated rings. The molecule has 0 aliphatic heterocycles. The maximum atomic E-state index is 14.0. The Morgan fingerprint density at radius 1 is 0.661 bits per heavy atom. The van der Waals surface area contributed by atoms with Gasteiger partial charge in [-0.3, -0.25) is 14.4 Å². The smallest absolute Gasteiger partial charge is 0.337 e. The first-order valence-corrected chi connectivity index (χ1v) is 21.1. The fourth-order valence-corrected chi connectivity index (χ4v) is 8.86. The number of esters is 2. The largest absolute Gasteiger partial charge is 0.465 e. The fourth-order valence-electron chi connectivity index (χ4n) is 7.58. The summed E-state index contributed by atoms with van der Waals surface area (Å²) in [6, 6.07) is 29.0. The Balaban J connectivity index is 1.12. The monoisotopic (exact) mass is 813 g/mol. The van der Waals surface area contributed by atoms with Crippen molar-refractivity contribution in [2.45, 2.75) is 84.2 Å². The number of hydrogen-bond donors (Lipinski definition) is 2. The molecule has 0 unspecified atom stereocenters. The molecule has 3 amide bonds. The van der Waals surface area contributed by atoms with Crippen LogP contribution in [0.5, 0.6) is 0 Å². The van der Waals surface area contributed by atoms with E-state index >= 15 is 0 Å². The van der Waals surface area contributed by atoms with Gasteiger partial charge < -0.3 is 25.0 Å². The first-order chi connectivity index (χ1) is 28.6. The van der Waals surface area contributed by atoms with Crippen molar-refractivity contribution >= 4 is 51.7 Å². The molecule has 6 rings (SSSR count). The summed E-state index contributed by atoms with van der Waals surface area (Å²) in [5.74, 6) is -1.57. The van der Waals surface area contributed by atoms with Crippen LogP contribution >= 0.6 is 11.3 Å². The summed E-state index contributed by atoms with van der Waals surface area (Å²) in [6.07, 6.45) is 7.80. The van der Waals surface area contributed by atoms with Crippen molar-refractivity contribution in [1.82, 2.24) is 4.90 Å². The number of ether oxygens (including phenoxy) is 2. The highest BCUT2D eigenvalue weighted by Gasteiger charge is 2.28. The molecule has 0 radical (unpaired) electrons. The summed E-state index contributed by atoms with van der Waals surface area (Å²) in [7, 11) is 2.69. The molecule has 2 N–H and O–H groups in total. The predicted molar refractivity (Wildman–Crippen MR) is 232 cm³/mol. The van der Waals surface area contributed by atoms with Crippen molar-refractivity contribution in [1.29, 1.82) is 0 Å². The van der Waals surface area contributed by atoms with Crippen LogP contribution in [0.1, 0.15) is 125 Å². The fraction of sp³-hybridized carbons (Fsp3) is 0.312. The number of nitrogens with one attached hydrogen (secondary N) is 2. The average Bonchev–Trinajstić information content (AvgIpc) is 3.64. The van der Waals surface area contributed by atoms with Crippen molar-refractivity contribution in [3.63, 3.8) is 0 Å². The predicted octanol–water partition coefficient (Wildman–Crippen LogP) is 9.71. The molecule has 0 saturated carbocycles. The third-order valence-electron chi connectivity index (χ3n) is 10.9. The van der Waals surface area contributed by atoms with E-state index in [4.69, 9.17) is 9.47 Å². The number of fused-ring (bicyclic) bond motifs is 1. The quantitative estimate of drug-likeness (QED) is 0.0949. The van der Waals surface area contributed by atoms with E-state index in [0.717, 1.165) is 84.9 Å². The number of carbonyl (C=O) groups excluding carboxylic acids is 5. The lowest BCUT2D eigenvalue weighted by Gasteiger charge is -2.31. The minimum atomic E-state index is -0.469. The van der Waals surface area contributed by atoms with Gasteiger partial charge in [0, 0.05) is 34.3 Å². The second-order valence-electron chi connectivity index (χ2n) is 14.7. The summed E-state index contributed by atoms with van der Waals surface area (Å²) in [6.45, 7) is 4.38. The molecule has 0 bridgehead atoms. The lowest BCUT2D eigenvalue weighted by atomic mass is 9.95. The topological polar surface area (TPSA) is 131 Å². The molecule has 59 heavy (non-hydrogen) atoms. The van der Waals surface area contributed by atoms with E-state index in [1.165, 1.54) is 25.6 Å². The summed E-state index contributed by atoms with van der Waals surface area (Å²) in [4.78, 5) is 68.4. The Labute approximate surface area is 349 Å². The Bertz CT molecular complexity index is 2280. The third-order valence-corrected chi connectivity index (χ3v) is 12.1. The molecule has 306 valence electrons. The molecule has 1 aliphatic carbocycles. The number of carbonyl (C=O) groups is 5. The van der Waals surface area contributed by atoms with Gasteiger partial charge in [0.1, 0.15) is 5.00 Å². The molecule has 1 heterocycles. The van der Waals surface area contributed by atoms with Gasteiger partial charge in [-0.15, -0.1) is 11.3 Å². The van der Waals surface area contributed by atoms with Gasteiger partial charge in [0.25, 0.3) is 17.7 Å². The van der Waals surface area contributed by atoms with E-state index < -0.39 is 5.97 Å². The van der Waals surface area contributed by atoms with E-state index in [1.54, 1.807) is 48.5 Å². The maximum Gasteiger partial charge on any atom is 0.337 e. The zero-order chi connectivity index (χ0) is 41.9. The van der Waals surface area contributed by atoms with Crippen molar-refractivity contribution < 1.29 is 33.4 Å². The molecule has 1 aliphatic rings. The highest BCUT2D eigenvalue weighted by atomic mass is 32.1. The number of methoxy groups -OCH3 is 2. The highest BCUT2D eigenvalue weighted by Crippen LogP contribution is 2.39. The zero-order valence-electron chi connectivity index (χ0n) is 34.1. The maximum absolute atomic E-state index is 14.0. The number of thiophene rings is 1. The first kappa shape index (κ1) is 42.5. The van der Waals surface area contributed by atoms with Crippen LogP contribution in [0.25, 0.3) is 0 Å². The summed E-state index contributed by atoms with van der Waals surface area (Å²) in [5.41, 5.74) is 7.06. The Morgan fingerprint density at radius 3 is 1.85 bits per heavy atom. The standard InChI is InChI=1S/C48H51N3O7S/c1-5-39(6-2)51(46(54)34-23-25-36(26-24-34)48(56)58-4)30-33-13-10-14-37(29-33)43(52)50-45-42(40-15-7-8-16-41(40)59-45)44(53)49-38-27-19-32(20-28-38)12-9-11-31-17-21-35(22-18-31)47(55)57-3/h10,13-14,17-29,39H,5-9,11-12,15-16,30H2,1-4H3,(H,49,53)(H,50,52). The second kappa shape index (κ2) is 20.1. The Kier molecular flexibility index (Phi) is 14.5. The highest BCUT2D eigenvalue weighted by molar-refractivity contribution is 7.17. The summed E-state index contributed by atoms with van der Waals surface area (Å²) in [5, 5.41) is 6.69. The molecule has 0 saturated heterocycles. The summed E-state index contributed by atoms with van der Waals surface area (Å²) >= 11 is 1.47. The van der Waals surface area contributed by atoms with Crippen molar-refractivity contribution in [3.05, 3.63) is 152 Å². The molecule has 0 atom stereocenters. The van der Waals surface area contributed by atoms with E-state index in [0.29, 0.717) is 38.5 Å². The third kappa shape index (κ3) is 10.5. The molecule has 11 heteroatoms. The normalized spacial score (nSPS) is 12.0. The number of aryl methyl sites for hydroxylation is 3. The van der Waals surface area contributed by atoms with Gasteiger partial charge in [0.15, 0.2) is 0 Å². The number of anilines is 2. The van der Waals surface area contributed by atoms with Crippen LogP contribution < -0.4 is 10.6 Å². The second-order valence-corrected chi connectivity index (χ2v) is 15.8. The van der Waals surface area contributed by atoms with Gasteiger partial charge in [-0.1, -0.05) is 50.2 Å². The SMILES string of the molecule is CCC(CC)N(Cc1cccc(C(=O)Nc2sc3c(c2C(=O)Nc2ccc(CCCc4ccc(C(=O)OC)cc4)cc2)CCCC3)c1)C(=O)c1ccc(C(=O)OC)cc1. The van der Waals surface area contributed by atoms with Crippen molar-refractivity contribution in [2.75, 3.05) is 24.9 Å². The van der Waals surface area contributed by atoms with Crippen LogP contribution in [-0.4, -0.2) is 54.8 Å². The van der Waals surface area contributed by atoms with Gasteiger partial charge in [0.2, 0.25) is 0 Å². The average molecular weight is 814 g/mol. The van der Waals surface area contributed by atoms with E-state index in [9.17, 15) is 24.0 Å². The lowest BCUT2D eigenvalue weighted by Crippen LogP contribution is -2.39. The minimum absolute atomic E-state index is 0.0416. The van der Waals surface area contributed by atoms with E-state index in [1.807, 2.05) is 67.3 Å². The van der Waals surface area contributed by atoms with Gasteiger partial charge in [-0.05, 0) is 141 Å². The van der Waals surface area contributed by atoms with Crippen LogP contribution in [0.4, 0.5) is 10.7 Å². The van der Waals surface area contributed by atoms with Gasteiger partial charge >= 0.3 is 11.9 Å². The van der Waals surface area contributed by atoms with Gasteiger partial charge in [0.05, 0.1) is 30.9 Å². The van der Waals surface area contributed by atoms with Gasteiger partial charge in [-0.2, -0.15) is 0 Å². The number of benzene rings is 4. The molecular weight excluding hydrogens is 763 g/mol. The van der Waals surface area contributed by atoms with Crippen molar-refractivity contribution in [2.24, 2.45) is 0 Å². The van der Waals surface area contributed by atoms with Crippen LogP contribution in [0.2, 0.25) is 0 Å². The molecule has 10 nitrogen and oxygen atoms in total. The lowest BCUT2D eigenvalue weighted by molar-refractivity contribution is 0.0591. The molecule has 4 aromatic carbocycles. The molecule has 1 aromatic heterocycles. The van der Waals surface area contributed by atoms with Crippen LogP contribution in [0.15, 0.2) is 97.1 Å². The van der Waals surface area contributed by atoms with Gasteiger partial charge in [-0.25, -0.2) is 9.59 Å². The molecule has 0 spiro atoms. The summed E-state index contributed by atoms with van der Waals surface area (Å²) < 4.78 is 9.59. The number of nitrogens with zero attached hydrogens (tertiary/aromatic N) is 1. The molecule has 5 aromatic rings. The minimum Gasteiger partial charge on any atom is -0.465 e. The first-order valence-electron chi connectivity index (χ1n) is 20.2. The van der Waals surface area contributed by atoms with E-state index in [2.05, 4.69) is 10.6 Å².